The Balaban J connectivity index is 1.60. The Bertz CT molecular complexity index is 930. The summed E-state index contributed by atoms with van der Waals surface area (Å²) in [6.45, 7) is 3.67. The highest BCUT2D eigenvalue weighted by atomic mass is 19.4. The Labute approximate surface area is 152 Å². The molecule has 1 saturated carbocycles. The van der Waals surface area contributed by atoms with Crippen molar-refractivity contribution in [2.75, 3.05) is 4.90 Å². The molecule has 5 nitrogen and oxygen atoms in total. The first-order valence-electron chi connectivity index (χ1n) is 8.73. The van der Waals surface area contributed by atoms with E-state index in [0.29, 0.717) is 6.07 Å². The number of rotatable bonds is 1. The summed E-state index contributed by atoms with van der Waals surface area (Å²) < 4.78 is 46.0. The van der Waals surface area contributed by atoms with Gasteiger partial charge in [-0.25, -0.2) is 4.90 Å². The smallest absolute Gasteiger partial charge is 0.367 e. The summed E-state index contributed by atoms with van der Waals surface area (Å²) in [5.41, 5.74) is -3.34. The molecule has 1 aromatic rings. The molecule has 1 aromatic carbocycles. The van der Waals surface area contributed by atoms with Gasteiger partial charge in [0.25, 0.3) is 0 Å². The van der Waals surface area contributed by atoms with Gasteiger partial charge < -0.3 is 4.74 Å². The van der Waals surface area contributed by atoms with Gasteiger partial charge in [-0.3, -0.25) is 9.59 Å². The highest BCUT2D eigenvalue weighted by Gasteiger charge is 2.83. The normalized spacial score (nSPS) is 41.6. The fourth-order valence-corrected chi connectivity index (χ4v) is 5.76. The third kappa shape index (κ3) is 1.78. The van der Waals surface area contributed by atoms with Crippen LogP contribution in [0.5, 0.6) is 0 Å². The molecule has 2 bridgehead atoms. The van der Waals surface area contributed by atoms with Crippen molar-refractivity contribution < 1.29 is 27.5 Å². The molecule has 3 saturated heterocycles. The molecule has 4 fully saturated rings. The minimum absolute atomic E-state index is 0.147. The molecular formula is C19H15F3N2O3. The van der Waals surface area contributed by atoms with Crippen LogP contribution in [0.2, 0.25) is 0 Å². The first-order chi connectivity index (χ1) is 12.5. The predicted molar refractivity (Wildman–Crippen MR) is 85.1 cm³/mol. The molecule has 2 unspecified atom stereocenters. The van der Waals surface area contributed by atoms with E-state index in [-0.39, 0.29) is 17.5 Å². The quantitative estimate of drug-likeness (QED) is 0.707. The van der Waals surface area contributed by atoms with Gasteiger partial charge in [0, 0.05) is 0 Å². The van der Waals surface area contributed by atoms with E-state index in [4.69, 9.17) is 10.00 Å². The summed E-state index contributed by atoms with van der Waals surface area (Å²) >= 11 is 0. The SMILES string of the molecule is CC12OC(C)([C@@H]3C[C@@H]31)[C@H]1C(=O)N(c3ccc(C#N)c(C(F)(F)F)c3)C(=O)[C@H]12. The summed E-state index contributed by atoms with van der Waals surface area (Å²) in [6, 6.07) is 4.43. The van der Waals surface area contributed by atoms with Gasteiger partial charge in [0.05, 0.1) is 45.9 Å². The first kappa shape index (κ1) is 16.8. The van der Waals surface area contributed by atoms with Crippen molar-refractivity contribution in [1.29, 1.82) is 5.26 Å². The summed E-state index contributed by atoms with van der Waals surface area (Å²) in [4.78, 5) is 27.0. The number of nitrogens with zero attached hydrogens (tertiary/aromatic N) is 2. The number of nitriles is 1. The third-order valence-electron chi connectivity index (χ3n) is 6.93. The van der Waals surface area contributed by atoms with Crippen LogP contribution in [0.1, 0.15) is 31.4 Å². The van der Waals surface area contributed by atoms with Gasteiger partial charge >= 0.3 is 6.18 Å². The fourth-order valence-electron chi connectivity index (χ4n) is 5.76. The minimum atomic E-state index is -4.76. The van der Waals surface area contributed by atoms with Crippen LogP contribution < -0.4 is 4.90 Å². The molecule has 8 heteroatoms. The number of carbonyl (C=O) groups excluding carboxylic acids is 2. The number of hydrogen-bond donors (Lipinski definition) is 0. The monoisotopic (exact) mass is 376 g/mol. The fraction of sp³-hybridized carbons (Fsp3) is 0.526. The van der Waals surface area contributed by atoms with Crippen molar-refractivity contribution in [2.45, 2.75) is 37.6 Å². The topological polar surface area (TPSA) is 70.4 Å². The summed E-state index contributed by atoms with van der Waals surface area (Å²) in [5, 5.41) is 8.94. The minimum Gasteiger partial charge on any atom is -0.367 e. The van der Waals surface area contributed by atoms with E-state index in [1.807, 2.05) is 13.8 Å². The Morgan fingerprint density at radius 1 is 1.15 bits per heavy atom. The number of benzene rings is 1. The number of carbonyl (C=O) groups is 2. The van der Waals surface area contributed by atoms with Gasteiger partial charge in [0.2, 0.25) is 11.8 Å². The van der Waals surface area contributed by atoms with Crippen molar-refractivity contribution in [2.24, 2.45) is 23.7 Å². The number of imide groups is 1. The van der Waals surface area contributed by atoms with Crippen molar-refractivity contribution in [3.8, 4) is 6.07 Å². The molecule has 6 atom stereocenters. The standard InChI is InChI=1S/C19H15F3N2O3/c1-17-11-6-12(11)18(2,27-17)14-13(17)15(25)24(16(14)26)9-4-3-8(7-23)10(5-9)19(20,21)22/h3-5,11-14H,6H2,1-2H3/t11-,12+,13-,14+,17?,18?. The molecule has 1 aliphatic carbocycles. The molecule has 0 N–H and O–H groups in total. The Kier molecular flexibility index (Phi) is 2.81. The zero-order valence-electron chi connectivity index (χ0n) is 14.5. The highest BCUT2D eigenvalue weighted by molar-refractivity contribution is 6.23. The number of hydrogen-bond acceptors (Lipinski definition) is 4. The Morgan fingerprint density at radius 2 is 1.70 bits per heavy atom. The van der Waals surface area contributed by atoms with E-state index in [9.17, 15) is 22.8 Å². The van der Waals surface area contributed by atoms with E-state index >= 15 is 0 Å². The molecule has 2 amide bonds. The molecule has 140 valence electrons. The average Bonchev–Trinajstić information content (AvgIpc) is 3.26. The molecule has 0 aromatic heterocycles. The largest absolute Gasteiger partial charge is 0.417 e. The molecule has 27 heavy (non-hydrogen) atoms. The van der Waals surface area contributed by atoms with Crippen LogP contribution in [0.4, 0.5) is 18.9 Å². The van der Waals surface area contributed by atoms with Crippen LogP contribution in [0.25, 0.3) is 0 Å². The number of amides is 2. The predicted octanol–water partition coefficient (Wildman–Crippen LogP) is 2.88. The number of ether oxygens (including phenoxy) is 1. The average molecular weight is 376 g/mol. The van der Waals surface area contributed by atoms with Gasteiger partial charge in [-0.05, 0) is 50.3 Å². The summed E-state index contributed by atoms with van der Waals surface area (Å²) in [6.07, 6.45) is -3.85. The van der Waals surface area contributed by atoms with Gasteiger partial charge in [0.1, 0.15) is 0 Å². The van der Waals surface area contributed by atoms with E-state index in [1.54, 1.807) is 0 Å². The zero-order chi connectivity index (χ0) is 19.5. The maximum atomic E-state index is 13.3. The first-order valence-corrected chi connectivity index (χ1v) is 8.73. The molecule has 3 heterocycles. The summed E-state index contributed by atoms with van der Waals surface area (Å²) in [7, 11) is 0. The van der Waals surface area contributed by atoms with Gasteiger partial charge in [-0.2, -0.15) is 18.4 Å². The Hall–Kier alpha value is -2.40. The van der Waals surface area contributed by atoms with E-state index in [0.717, 1.165) is 17.4 Å². The number of alkyl halides is 3. The van der Waals surface area contributed by atoms with Crippen molar-refractivity contribution in [3.05, 3.63) is 29.3 Å². The van der Waals surface area contributed by atoms with Crippen LogP contribution in [0.15, 0.2) is 18.2 Å². The lowest BCUT2D eigenvalue weighted by Crippen LogP contribution is -2.42. The molecule has 3 aliphatic heterocycles. The zero-order valence-corrected chi connectivity index (χ0v) is 14.5. The second-order valence-corrected chi connectivity index (χ2v) is 8.23. The third-order valence-corrected chi connectivity index (χ3v) is 6.93. The molecule has 0 radical (unpaired) electrons. The Morgan fingerprint density at radius 3 is 2.19 bits per heavy atom. The van der Waals surface area contributed by atoms with E-state index in [2.05, 4.69) is 0 Å². The molecule has 0 spiro atoms. The van der Waals surface area contributed by atoms with Crippen LogP contribution in [0.3, 0.4) is 0 Å². The maximum absolute atomic E-state index is 13.3. The highest BCUT2D eigenvalue weighted by Crippen LogP contribution is 2.74. The van der Waals surface area contributed by atoms with Gasteiger partial charge in [0.15, 0.2) is 0 Å². The molecular weight excluding hydrogens is 361 g/mol. The number of halogens is 3. The number of fused-ring (bicyclic) bond motifs is 8. The van der Waals surface area contributed by atoms with Crippen molar-refractivity contribution >= 4 is 17.5 Å². The lowest BCUT2D eigenvalue weighted by atomic mass is 9.69. The van der Waals surface area contributed by atoms with Crippen LogP contribution in [0, 0.1) is 35.0 Å². The molecule has 4 aliphatic rings. The maximum Gasteiger partial charge on any atom is 0.417 e. The van der Waals surface area contributed by atoms with E-state index in [1.165, 1.54) is 12.1 Å². The van der Waals surface area contributed by atoms with E-state index < -0.39 is 52.2 Å². The number of anilines is 1. The van der Waals surface area contributed by atoms with Crippen molar-refractivity contribution in [3.63, 3.8) is 0 Å². The van der Waals surface area contributed by atoms with Gasteiger partial charge in [-0.15, -0.1) is 0 Å². The van der Waals surface area contributed by atoms with Crippen molar-refractivity contribution in [1.82, 2.24) is 0 Å². The second-order valence-electron chi connectivity index (χ2n) is 8.23. The lowest BCUT2D eigenvalue weighted by molar-refractivity contribution is -0.138. The van der Waals surface area contributed by atoms with Gasteiger partial charge in [-0.1, -0.05) is 0 Å². The van der Waals surface area contributed by atoms with Crippen LogP contribution in [-0.2, 0) is 20.5 Å². The summed E-state index contributed by atoms with van der Waals surface area (Å²) in [5.74, 6) is -1.95. The second kappa shape index (κ2) is 4.53. The molecule has 5 rings (SSSR count). The lowest BCUT2D eigenvalue weighted by Gasteiger charge is -2.28. The van der Waals surface area contributed by atoms with Crippen LogP contribution in [-0.4, -0.2) is 23.0 Å². The van der Waals surface area contributed by atoms with Crippen LogP contribution >= 0.6 is 0 Å².